The molecule has 2 atom stereocenters. The van der Waals surface area contributed by atoms with Gasteiger partial charge in [0.1, 0.15) is 0 Å². The molecule has 0 aromatic heterocycles. The van der Waals surface area contributed by atoms with Crippen LogP contribution < -0.4 is 10.2 Å². The van der Waals surface area contributed by atoms with E-state index in [4.69, 9.17) is 0 Å². The molecule has 2 aliphatic heterocycles. The average Bonchev–Trinajstić information content (AvgIpc) is 2.94. The van der Waals surface area contributed by atoms with E-state index >= 15 is 0 Å². The van der Waals surface area contributed by atoms with Gasteiger partial charge in [0.2, 0.25) is 5.91 Å². The molecular formula is C14H18N2O. The normalized spacial score (nSPS) is 27.2. The topological polar surface area (TPSA) is 32.3 Å². The minimum Gasteiger partial charge on any atom is -0.316 e. The van der Waals surface area contributed by atoms with Gasteiger partial charge in [-0.25, -0.2) is 0 Å². The number of rotatable bonds is 1. The molecule has 3 rings (SSSR count). The lowest BCUT2D eigenvalue weighted by Gasteiger charge is -2.23. The second kappa shape index (κ2) is 4.15. The third-order valence-corrected chi connectivity index (χ3v) is 3.99. The molecule has 17 heavy (non-hydrogen) atoms. The van der Waals surface area contributed by atoms with Crippen molar-refractivity contribution in [3.05, 3.63) is 29.8 Å². The first-order chi connectivity index (χ1) is 8.27. The summed E-state index contributed by atoms with van der Waals surface area (Å²) >= 11 is 0. The van der Waals surface area contributed by atoms with Gasteiger partial charge in [-0.3, -0.25) is 4.79 Å². The van der Waals surface area contributed by atoms with Crippen molar-refractivity contribution in [2.75, 3.05) is 24.5 Å². The highest BCUT2D eigenvalue weighted by atomic mass is 16.2. The van der Waals surface area contributed by atoms with Crippen LogP contribution in [0.3, 0.4) is 0 Å². The predicted molar refractivity (Wildman–Crippen MR) is 68.0 cm³/mol. The van der Waals surface area contributed by atoms with Crippen molar-refractivity contribution in [1.29, 1.82) is 0 Å². The highest BCUT2D eigenvalue weighted by Crippen LogP contribution is 2.30. The number of nitrogens with one attached hydrogen (secondary N) is 1. The van der Waals surface area contributed by atoms with Crippen molar-refractivity contribution in [2.24, 2.45) is 11.8 Å². The van der Waals surface area contributed by atoms with Crippen LogP contribution in [0, 0.1) is 11.8 Å². The molecule has 2 aliphatic rings. The maximum Gasteiger partial charge on any atom is 0.231 e. The predicted octanol–water partition coefficient (Wildman–Crippen LogP) is 1.43. The second-order valence-corrected chi connectivity index (χ2v) is 5.11. The highest BCUT2D eigenvalue weighted by molar-refractivity contribution is 5.97. The summed E-state index contributed by atoms with van der Waals surface area (Å²) < 4.78 is 0. The number of hydrogen-bond donors (Lipinski definition) is 1. The zero-order valence-electron chi connectivity index (χ0n) is 10.1. The number of amides is 1. The smallest absolute Gasteiger partial charge is 0.231 e. The van der Waals surface area contributed by atoms with Gasteiger partial charge in [0.25, 0.3) is 0 Å². The number of nitrogens with zero attached hydrogens (tertiary/aromatic N) is 1. The Kier molecular flexibility index (Phi) is 2.63. The highest BCUT2D eigenvalue weighted by Gasteiger charge is 2.35. The van der Waals surface area contributed by atoms with Crippen LogP contribution in [0.4, 0.5) is 5.69 Å². The molecule has 90 valence electrons. The standard InChI is InChI=1S/C14H18N2O/c1-10-8-15-9-12(10)14(17)16-7-6-11-4-2-3-5-13(11)16/h2-5,10,12,15H,6-9H2,1H3. The molecule has 1 aromatic carbocycles. The molecular weight excluding hydrogens is 212 g/mol. The molecule has 1 aromatic rings. The first-order valence-corrected chi connectivity index (χ1v) is 6.37. The Morgan fingerprint density at radius 2 is 2.18 bits per heavy atom. The van der Waals surface area contributed by atoms with Crippen molar-refractivity contribution >= 4 is 11.6 Å². The van der Waals surface area contributed by atoms with Gasteiger partial charge in [-0.05, 0) is 30.5 Å². The van der Waals surface area contributed by atoms with Crippen molar-refractivity contribution in [3.8, 4) is 0 Å². The van der Waals surface area contributed by atoms with E-state index in [1.165, 1.54) is 5.56 Å². The van der Waals surface area contributed by atoms with Gasteiger partial charge in [-0.15, -0.1) is 0 Å². The molecule has 0 bridgehead atoms. The van der Waals surface area contributed by atoms with Crippen LogP contribution in [0.1, 0.15) is 12.5 Å². The molecule has 3 heteroatoms. The monoisotopic (exact) mass is 230 g/mol. The first-order valence-electron chi connectivity index (χ1n) is 6.37. The molecule has 1 saturated heterocycles. The van der Waals surface area contributed by atoms with Crippen LogP contribution in [0.2, 0.25) is 0 Å². The SMILES string of the molecule is CC1CNCC1C(=O)N1CCc2ccccc21. The van der Waals surface area contributed by atoms with Crippen molar-refractivity contribution in [2.45, 2.75) is 13.3 Å². The van der Waals surface area contributed by atoms with Crippen LogP contribution in [0.25, 0.3) is 0 Å². The summed E-state index contributed by atoms with van der Waals surface area (Å²) in [5.74, 6) is 0.906. The fourth-order valence-corrected chi connectivity index (χ4v) is 2.91. The van der Waals surface area contributed by atoms with Gasteiger partial charge in [-0.2, -0.15) is 0 Å². The summed E-state index contributed by atoms with van der Waals surface area (Å²) in [6.07, 6.45) is 0.996. The lowest BCUT2D eigenvalue weighted by molar-refractivity contribution is -0.122. The molecule has 1 N–H and O–H groups in total. The van der Waals surface area contributed by atoms with Crippen LogP contribution in [0.5, 0.6) is 0 Å². The minimum atomic E-state index is 0.154. The fourth-order valence-electron chi connectivity index (χ4n) is 2.91. The zero-order chi connectivity index (χ0) is 11.8. The van der Waals surface area contributed by atoms with Gasteiger partial charge in [-0.1, -0.05) is 25.1 Å². The number of para-hydroxylation sites is 1. The average molecular weight is 230 g/mol. The van der Waals surface area contributed by atoms with E-state index in [0.29, 0.717) is 11.8 Å². The molecule has 1 fully saturated rings. The Balaban J connectivity index is 1.84. The molecule has 0 radical (unpaired) electrons. The lowest BCUT2D eigenvalue weighted by atomic mass is 9.96. The van der Waals surface area contributed by atoms with Crippen molar-refractivity contribution < 1.29 is 4.79 Å². The molecule has 0 saturated carbocycles. The number of carbonyl (C=O) groups is 1. The zero-order valence-corrected chi connectivity index (χ0v) is 10.1. The summed E-state index contributed by atoms with van der Waals surface area (Å²) in [6.45, 7) is 4.80. The molecule has 0 aliphatic carbocycles. The van der Waals surface area contributed by atoms with Gasteiger partial charge in [0, 0.05) is 18.8 Å². The molecule has 2 heterocycles. The number of benzene rings is 1. The quantitative estimate of drug-likeness (QED) is 0.791. The van der Waals surface area contributed by atoms with E-state index in [0.717, 1.165) is 31.7 Å². The maximum atomic E-state index is 12.5. The number of fused-ring (bicyclic) bond motifs is 1. The number of hydrogen-bond acceptors (Lipinski definition) is 2. The van der Waals surface area contributed by atoms with E-state index in [1.807, 2.05) is 17.0 Å². The molecule has 1 amide bonds. The Morgan fingerprint density at radius 3 is 2.94 bits per heavy atom. The summed E-state index contributed by atoms with van der Waals surface area (Å²) in [5.41, 5.74) is 2.43. The first kappa shape index (κ1) is 10.8. The van der Waals surface area contributed by atoms with Crippen LogP contribution >= 0.6 is 0 Å². The van der Waals surface area contributed by atoms with E-state index in [9.17, 15) is 4.79 Å². The van der Waals surface area contributed by atoms with E-state index in [2.05, 4.69) is 24.4 Å². The van der Waals surface area contributed by atoms with Gasteiger partial charge < -0.3 is 10.2 Å². The summed E-state index contributed by atoms with van der Waals surface area (Å²) in [5, 5.41) is 3.30. The third kappa shape index (κ3) is 1.75. The summed E-state index contributed by atoms with van der Waals surface area (Å²) in [4.78, 5) is 14.5. The van der Waals surface area contributed by atoms with Crippen LogP contribution in [0.15, 0.2) is 24.3 Å². The number of carbonyl (C=O) groups excluding carboxylic acids is 1. The van der Waals surface area contributed by atoms with E-state index in [1.54, 1.807) is 0 Å². The Morgan fingerprint density at radius 1 is 1.35 bits per heavy atom. The fraction of sp³-hybridized carbons (Fsp3) is 0.500. The second-order valence-electron chi connectivity index (χ2n) is 5.11. The van der Waals surface area contributed by atoms with E-state index in [-0.39, 0.29) is 5.92 Å². The molecule has 0 spiro atoms. The maximum absolute atomic E-state index is 12.5. The van der Waals surface area contributed by atoms with Crippen LogP contribution in [-0.4, -0.2) is 25.5 Å². The van der Waals surface area contributed by atoms with Gasteiger partial charge >= 0.3 is 0 Å². The Bertz CT molecular complexity index is 444. The van der Waals surface area contributed by atoms with Gasteiger partial charge in [0.05, 0.1) is 5.92 Å². The van der Waals surface area contributed by atoms with Crippen LogP contribution in [-0.2, 0) is 11.2 Å². The third-order valence-electron chi connectivity index (χ3n) is 3.99. The van der Waals surface area contributed by atoms with E-state index < -0.39 is 0 Å². The Labute approximate surface area is 102 Å². The van der Waals surface area contributed by atoms with Crippen molar-refractivity contribution in [3.63, 3.8) is 0 Å². The number of anilines is 1. The summed E-state index contributed by atoms with van der Waals surface area (Å²) in [6, 6.07) is 8.25. The minimum absolute atomic E-state index is 0.154. The summed E-state index contributed by atoms with van der Waals surface area (Å²) in [7, 11) is 0. The Hall–Kier alpha value is -1.35. The molecule has 2 unspecified atom stereocenters. The van der Waals surface area contributed by atoms with Crippen molar-refractivity contribution in [1.82, 2.24) is 5.32 Å². The largest absolute Gasteiger partial charge is 0.316 e. The lowest BCUT2D eigenvalue weighted by Crippen LogP contribution is -2.37. The molecule has 3 nitrogen and oxygen atoms in total. The van der Waals surface area contributed by atoms with Gasteiger partial charge in [0.15, 0.2) is 0 Å².